The van der Waals surface area contributed by atoms with E-state index in [0.717, 1.165) is 13.1 Å². The number of morpholine rings is 1. The van der Waals surface area contributed by atoms with Crippen molar-refractivity contribution < 1.29 is 14.3 Å². The van der Waals surface area contributed by atoms with E-state index in [2.05, 4.69) is 15.3 Å². The van der Waals surface area contributed by atoms with Gasteiger partial charge in [-0.3, -0.25) is 4.79 Å². The molecule has 2 heterocycles. The lowest BCUT2D eigenvalue weighted by molar-refractivity contribution is 0.102. The first-order valence-electron chi connectivity index (χ1n) is 7.89. The first-order chi connectivity index (χ1) is 12.1. The van der Waals surface area contributed by atoms with Crippen molar-refractivity contribution in [3.63, 3.8) is 0 Å². The molecule has 25 heavy (non-hydrogen) atoms. The highest BCUT2D eigenvalue weighted by atomic mass is 35.5. The average Bonchev–Trinajstić information content (AvgIpc) is 2.62. The third kappa shape index (κ3) is 4.00. The topological polar surface area (TPSA) is 76.6 Å². The minimum atomic E-state index is -0.313. The number of aromatic nitrogens is 2. The Bertz CT molecular complexity index is 778. The molecule has 1 amide bonds. The molecule has 1 fully saturated rings. The molecule has 1 aromatic carbocycles. The third-order valence-corrected chi connectivity index (χ3v) is 4.15. The van der Waals surface area contributed by atoms with Crippen molar-refractivity contribution in [2.45, 2.75) is 6.92 Å². The molecule has 1 aromatic heterocycles. The zero-order chi connectivity index (χ0) is 17.8. The minimum Gasteiger partial charge on any atom is -0.495 e. The number of aryl methyl sites for hydroxylation is 1. The number of halogens is 1. The third-order valence-electron chi connectivity index (χ3n) is 3.91. The molecule has 1 saturated heterocycles. The van der Waals surface area contributed by atoms with E-state index in [-0.39, 0.29) is 5.91 Å². The van der Waals surface area contributed by atoms with Crippen molar-refractivity contribution in [3.8, 4) is 5.75 Å². The maximum Gasteiger partial charge on any atom is 0.259 e. The second-order valence-corrected chi connectivity index (χ2v) is 6.00. The summed E-state index contributed by atoms with van der Waals surface area (Å²) in [5.74, 6) is 0.825. The Balaban J connectivity index is 1.79. The van der Waals surface area contributed by atoms with E-state index in [0.29, 0.717) is 46.9 Å². The van der Waals surface area contributed by atoms with Gasteiger partial charge in [0.15, 0.2) is 0 Å². The molecule has 0 aliphatic carbocycles. The van der Waals surface area contributed by atoms with Crippen LogP contribution in [0, 0.1) is 6.92 Å². The summed E-state index contributed by atoms with van der Waals surface area (Å²) in [6, 6.07) is 5.03. The largest absolute Gasteiger partial charge is 0.495 e. The van der Waals surface area contributed by atoms with Crippen LogP contribution in [-0.4, -0.2) is 49.3 Å². The summed E-state index contributed by atoms with van der Waals surface area (Å²) < 4.78 is 10.6. The van der Waals surface area contributed by atoms with Crippen LogP contribution in [0.3, 0.4) is 0 Å². The van der Waals surface area contributed by atoms with E-state index in [9.17, 15) is 4.79 Å². The quantitative estimate of drug-likeness (QED) is 0.900. The molecule has 132 valence electrons. The van der Waals surface area contributed by atoms with Crippen molar-refractivity contribution in [2.24, 2.45) is 0 Å². The molecule has 3 rings (SSSR count). The van der Waals surface area contributed by atoms with Crippen molar-refractivity contribution in [2.75, 3.05) is 43.6 Å². The molecule has 0 spiro atoms. The molecule has 0 radical (unpaired) electrons. The number of amides is 1. The van der Waals surface area contributed by atoms with Crippen LogP contribution in [0.25, 0.3) is 0 Å². The number of rotatable bonds is 4. The summed E-state index contributed by atoms with van der Waals surface area (Å²) in [7, 11) is 1.53. The predicted molar refractivity (Wildman–Crippen MR) is 95.8 cm³/mol. The van der Waals surface area contributed by atoms with Gasteiger partial charge in [0.2, 0.25) is 5.95 Å². The maximum atomic E-state index is 12.6. The van der Waals surface area contributed by atoms with Crippen LogP contribution in [0.15, 0.2) is 24.4 Å². The highest BCUT2D eigenvalue weighted by Crippen LogP contribution is 2.28. The molecule has 0 atom stereocenters. The summed E-state index contributed by atoms with van der Waals surface area (Å²) in [6.07, 6.45) is 1.54. The number of carbonyl (C=O) groups excluding carboxylic acids is 1. The molecule has 2 aromatic rings. The number of carbonyl (C=O) groups is 1. The first-order valence-corrected chi connectivity index (χ1v) is 8.27. The second-order valence-electron chi connectivity index (χ2n) is 5.57. The number of hydrogen-bond acceptors (Lipinski definition) is 6. The predicted octanol–water partition coefficient (Wildman–Crippen LogP) is 2.54. The van der Waals surface area contributed by atoms with Crippen molar-refractivity contribution >= 4 is 29.1 Å². The Morgan fingerprint density at radius 1 is 1.36 bits per heavy atom. The fourth-order valence-electron chi connectivity index (χ4n) is 2.56. The van der Waals surface area contributed by atoms with Gasteiger partial charge in [0.05, 0.1) is 37.3 Å². The zero-order valence-electron chi connectivity index (χ0n) is 14.1. The lowest BCUT2D eigenvalue weighted by Gasteiger charge is -2.27. The van der Waals surface area contributed by atoms with Crippen LogP contribution in [-0.2, 0) is 4.74 Å². The second kappa shape index (κ2) is 7.67. The number of ether oxygens (including phenoxy) is 2. The Labute approximate surface area is 150 Å². The standard InChI is InChI=1S/C17H19ClN4O3/c1-11-13(10-19-17(20-11)22-5-7-25-8-6-22)16(23)21-14-9-12(18)3-4-15(14)24-2/h3-4,9-10H,5-8H2,1-2H3,(H,21,23). The van der Waals surface area contributed by atoms with Gasteiger partial charge in [0, 0.05) is 24.3 Å². The van der Waals surface area contributed by atoms with Crippen LogP contribution in [0.2, 0.25) is 5.02 Å². The summed E-state index contributed by atoms with van der Waals surface area (Å²) in [4.78, 5) is 23.4. The molecule has 0 unspecified atom stereocenters. The molecule has 8 heteroatoms. The van der Waals surface area contributed by atoms with Gasteiger partial charge in [-0.1, -0.05) is 11.6 Å². The summed E-state index contributed by atoms with van der Waals surface area (Å²) >= 11 is 5.99. The van der Waals surface area contributed by atoms with Gasteiger partial charge in [-0.15, -0.1) is 0 Å². The zero-order valence-corrected chi connectivity index (χ0v) is 14.8. The smallest absolute Gasteiger partial charge is 0.259 e. The van der Waals surface area contributed by atoms with E-state index in [1.165, 1.54) is 7.11 Å². The van der Waals surface area contributed by atoms with E-state index >= 15 is 0 Å². The molecule has 7 nitrogen and oxygen atoms in total. The highest BCUT2D eigenvalue weighted by molar-refractivity contribution is 6.31. The monoisotopic (exact) mass is 362 g/mol. The van der Waals surface area contributed by atoms with Gasteiger partial charge in [0.1, 0.15) is 5.75 Å². The lowest BCUT2D eigenvalue weighted by Crippen LogP contribution is -2.37. The van der Waals surface area contributed by atoms with Crippen molar-refractivity contribution in [1.82, 2.24) is 9.97 Å². The number of anilines is 2. The van der Waals surface area contributed by atoms with Gasteiger partial charge in [-0.25, -0.2) is 9.97 Å². The Kier molecular flexibility index (Phi) is 5.35. The highest BCUT2D eigenvalue weighted by Gasteiger charge is 2.18. The minimum absolute atomic E-state index is 0.313. The van der Waals surface area contributed by atoms with Gasteiger partial charge in [0.25, 0.3) is 5.91 Å². The van der Waals surface area contributed by atoms with Crippen molar-refractivity contribution in [3.05, 3.63) is 40.7 Å². The van der Waals surface area contributed by atoms with Crippen molar-refractivity contribution in [1.29, 1.82) is 0 Å². The van der Waals surface area contributed by atoms with Crippen LogP contribution in [0.4, 0.5) is 11.6 Å². The number of nitrogens with zero attached hydrogens (tertiary/aromatic N) is 3. The van der Waals surface area contributed by atoms with Gasteiger partial charge in [-0.05, 0) is 25.1 Å². The molecule has 1 N–H and O–H groups in total. The van der Waals surface area contributed by atoms with Crippen LogP contribution < -0.4 is 15.0 Å². The van der Waals surface area contributed by atoms with Gasteiger partial charge >= 0.3 is 0 Å². The van der Waals surface area contributed by atoms with Crippen LogP contribution in [0.1, 0.15) is 16.1 Å². The summed E-state index contributed by atoms with van der Waals surface area (Å²) in [5.41, 5.74) is 1.51. The number of nitrogens with one attached hydrogen (secondary N) is 1. The number of methoxy groups -OCH3 is 1. The summed E-state index contributed by atoms with van der Waals surface area (Å²) in [5, 5.41) is 3.30. The normalized spacial score (nSPS) is 14.3. The first kappa shape index (κ1) is 17.4. The molecular formula is C17H19ClN4O3. The fraction of sp³-hybridized carbons (Fsp3) is 0.353. The summed E-state index contributed by atoms with van der Waals surface area (Å²) in [6.45, 7) is 4.57. The van der Waals surface area contributed by atoms with Gasteiger partial charge in [-0.2, -0.15) is 0 Å². The number of hydrogen-bond donors (Lipinski definition) is 1. The van der Waals surface area contributed by atoms with Gasteiger partial charge < -0.3 is 19.7 Å². The van der Waals surface area contributed by atoms with Crippen LogP contribution >= 0.6 is 11.6 Å². The van der Waals surface area contributed by atoms with E-state index in [4.69, 9.17) is 21.1 Å². The molecule has 0 saturated carbocycles. The fourth-order valence-corrected chi connectivity index (χ4v) is 2.73. The Hall–Kier alpha value is -2.38. The number of benzene rings is 1. The Morgan fingerprint density at radius 3 is 2.80 bits per heavy atom. The molecule has 1 aliphatic heterocycles. The van der Waals surface area contributed by atoms with E-state index in [1.54, 1.807) is 31.3 Å². The lowest BCUT2D eigenvalue weighted by atomic mass is 10.2. The molecule has 1 aliphatic rings. The van der Waals surface area contributed by atoms with E-state index < -0.39 is 0 Å². The maximum absolute atomic E-state index is 12.6. The molecule has 0 bridgehead atoms. The average molecular weight is 363 g/mol. The van der Waals surface area contributed by atoms with E-state index in [1.807, 2.05) is 4.90 Å². The Morgan fingerprint density at radius 2 is 2.12 bits per heavy atom. The molecular weight excluding hydrogens is 344 g/mol. The van der Waals surface area contributed by atoms with Crippen LogP contribution in [0.5, 0.6) is 5.75 Å². The SMILES string of the molecule is COc1ccc(Cl)cc1NC(=O)c1cnc(N2CCOCC2)nc1C.